The molecule has 1 aliphatic rings. The molecule has 1 heterocycles. The Morgan fingerprint density at radius 1 is 0.853 bits per heavy atom. The third kappa shape index (κ3) is 8.07. The van der Waals surface area contributed by atoms with Gasteiger partial charge in [-0.2, -0.15) is 0 Å². The first-order valence-electron chi connectivity index (χ1n) is 13.6. The first-order valence-corrected chi connectivity index (χ1v) is 13.6. The molecule has 2 heteroatoms. The van der Waals surface area contributed by atoms with Crippen LogP contribution in [-0.2, 0) is 6.42 Å². The van der Waals surface area contributed by atoms with Gasteiger partial charge in [0.15, 0.2) is 0 Å². The van der Waals surface area contributed by atoms with Crippen molar-refractivity contribution in [3.63, 3.8) is 0 Å². The maximum Gasteiger partial charge on any atom is 0.127 e. The minimum Gasteiger partial charge on any atom is -0.507 e. The largest absolute Gasteiger partial charge is 0.507 e. The van der Waals surface area contributed by atoms with Crippen molar-refractivity contribution in [2.75, 3.05) is 0 Å². The summed E-state index contributed by atoms with van der Waals surface area (Å²) in [6, 6.07) is 0. The molecule has 0 unspecified atom stereocenters. The molecule has 0 bridgehead atoms. The number of fused-ring (bicyclic) bond motifs is 1. The number of benzene rings is 1. The van der Waals surface area contributed by atoms with E-state index in [0.717, 1.165) is 61.0 Å². The number of unbranched alkanes of at least 4 members (excludes halogenated alkanes) is 1. The van der Waals surface area contributed by atoms with Crippen LogP contribution in [0, 0.1) is 20.8 Å². The summed E-state index contributed by atoms with van der Waals surface area (Å²) in [6.45, 7) is 17.4. The molecule has 0 saturated heterocycles. The number of rotatable bonds is 12. The van der Waals surface area contributed by atoms with Gasteiger partial charge < -0.3 is 9.84 Å². The van der Waals surface area contributed by atoms with E-state index in [0.29, 0.717) is 5.75 Å². The van der Waals surface area contributed by atoms with E-state index in [1.807, 2.05) is 13.8 Å². The van der Waals surface area contributed by atoms with Crippen LogP contribution in [0.15, 0.2) is 34.9 Å². The third-order valence-corrected chi connectivity index (χ3v) is 7.75. The lowest BCUT2D eigenvalue weighted by atomic mass is 9.85. The quantitative estimate of drug-likeness (QED) is 0.311. The molecule has 0 saturated carbocycles. The van der Waals surface area contributed by atoms with Crippen molar-refractivity contribution in [1.82, 2.24) is 0 Å². The molecule has 1 aromatic rings. The van der Waals surface area contributed by atoms with E-state index in [1.54, 1.807) is 5.57 Å². The molecule has 0 amide bonds. The second-order valence-corrected chi connectivity index (χ2v) is 11.0. The summed E-state index contributed by atoms with van der Waals surface area (Å²) >= 11 is 0. The standard InChI is InChI=1S/C32H50O2/c1-9-10-14-23(2)15-11-16-24(3)17-12-18-25(4)19-13-21-32(8)22-20-29-28(7)30(33)26(5)27(6)31(29)34-32/h15,17,19,33H,9-14,16,18,20-22H2,1-8H3/b23-15+,24-17+,25-19+/t32-/m1/s1. The number of allylic oxidation sites excluding steroid dienone is 6. The number of phenolic OH excluding ortho intramolecular Hbond substituents is 1. The van der Waals surface area contributed by atoms with Crippen molar-refractivity contribution >= 4 is 0 Å². The van der Waals surface area contributed by atoms with Gasteiger partial charge in [-0.1, -0.05) is 48.3 Å². The molecule has 2 rings (SSSR count). The van der Waals surface area contributed by atoms with Crippen molar-refractivity contribution in [3.8, 4) is 11.5 Å². The normalized spacial score (nSPS) is 19.2. The lowest BCUT2D eigenvalue weighted by molar-refractivity contribution is 0.0558. The molecule has 1 atom stereocenters. The molecule has 1 aliphatic heterocycles. The van der Waals surface area contributed by atoms with Crippen LogP contribution in [0.25, 0.3) is 0 Å². The molecule has 190 valence electrons. The summed E-state index contributed by atoms with van der Waals surface area (Å²) in [6.07, 6.45) is 19.8. The smallest absolute Gasteiger partial charge is 0.127 e. The van der Waals surface area contributed by atoms with E-state index >= 15 is 0 Å². The van der Waals surface area contributed by atoms with Gasteiger partial charge in [-0.3, -0.25) is 0 Å². The molecule has 0 radical (unpaired) electrons. The van der Waals surface area contributed by atoms with Gasteiger partial charge in [0.1, 0.15) is 17.1 Å². The van der Waals surface area contributed by atoms with Gasteiger partial charge in [-0.05, 0) is 129 Å². The number of ether oxygens (including phenoxy) is 1. The summed E-state index contributed by atoms with van der Waals surface area (Å²) in [5.41, 5.74) is 8.62. The van der Waals surface area contributed by atoms with Gasteiger partial charge in [0.05, 0.1) is 0 Å². The summed E-state index contributed by atoms with van der Waals surface area (Å²) in [5, 5.41) is 10.4. The Labute approximate surface area is 210 Å². The Kier molecular flexibility index (Phi) is 11.0. The highest BCUT2D eigenvalue weighted by molar-refractivity contribution is 5.58. The Hall–Kier alpha value is -1.96. The van der Waals surface area contributed by atoms with Crippen molar-refractivity contribution in [1.29, 1.82) is 0 Å². The monoisotopic (exact) mass is 466 g/mol. The first kappa shape index (κ1) is 28.3. The first-order chi connectivity index (χ1) is 16.1. The molecule has 0 spiro atoms. The second kappa shape index (κ2) is 13.2. The van der Waals surface area contributed by atoms with Crippen molar-refractivity contribution in [2.24, 2.45) is 0 Å². The topological polar surface area (TPSA) is 29.5 Å². The highest BCUT2D eigenvalue weighted by atomic mass is 16.5. The molecule has 1 aromatic carbocycles. The molecule has 0 fully saturated rings. The fourth-order valence-corrected chi connectivity index (χ4v) is 4.95. The summed E-state index contributed by atoms with van der Waals surface area (Å²) in [5.74, 6) is 1.45. The molecule has 0 aliphatic carbocycles. The van der Waals surface area contributed by atoms with Gasteiger partial charge in [0.25, 0.3) is 0 Å². The third-order valence-electron chi connectivity index (χ3n) is 7.75. The average Bonchev–Trinajstić information content (AvgIpc) is 2.80. The van der Waals surface area contributed by atoms with E-state index in [4.69, 9.17) is 4.74 Å². The zero-order valence-electron chi connectivity index (χ0n) is 23.4. The molecular weight excluding hydrogens is 416 g/mol. The summed E-state index contributed by atoms with van der Waals surface area (Å²) in [7, 11) is 0. The van der Waals surface area contributed by atoms with E-state index in [1.165, 1.54) is 48.8 Å². The van der Waals surface area contributed by atoms with E-state index < -0.39 is 0 Å². The molecule has 34 heavy (non-hydrogen) atoms. The lowest BCUT2D eigenvalue weighted by Gasteiger charge is -2.38. The highest BCUT2D eigenvalue weighted by Gasteiger charge is 2.33. The zero-order valence-corrected chi connectivity index (χ0v) is 23.4. The molecule has 1 N–H and O–H groups in total. The van der Waals surface area contributed by atoms with Crippen LogP contribution in [0.5, 0.6) is 11.5 Å². The summed E-state index contributed by atoms with van der Waals surface area (Å²) < 4.78 is 6.58. The van der Waals surface area contributed by atoms with Crippen LogP contribution >= 0.6 is 0 Å². The Bertz CT molecular complexity index is 916. The predicted octanol–water partition coefficient (Wildman–Crippen LogP) is 9.77. The molecular formula is C32H50O2. The number of hydrogen-bond donors (Lipinski definition) is 1. The van der Waals surface area contributed by atoms with Crippen LogP contribution in [0.1, 0.15) is 121 Å². The maximum atomic E-state index is 10.4. The van der Waals surface area contributed by atoms with E-state index in [9.17, 15) is 5.11 Å². The van der Waals surface area contributed by atoms with Crippen LogP contribution in [0.2, 0.25) is 0 Å². The van der Waals surface area contributed by atoms with Crippen LogP contribution in [-0.4, -0.2) is 10.7 Å². The number of hydrogen-bond acceptors (Lipinski definition) is 2. The Morgan fingerprint density at radius 2 is 1.41 bits per heavy atom. The Morgan fingerprint density at radius 3 is 2.00 bits per heavy atom. The number of phenols is 1. The second-order valence-electron chi connectivity index (χ2n) is 11.0. The molecule has 2 nitrogen and oxygen atoms in total. The minimum absolute atomic E-state index is 0.135. The average molecular weight is 467 g/mol. The maximum absolute atomic E-state index is 10.4. The SMILES string of the molecule is CCCC/C(C)=C/CC/C(C)=C/CC/C(C)=C/CC[C@]1(C)CCc2c(C)c(O)c(C)c(C)c2O1. The predicted molar refractivity (Wildman–Crippen MR) is 148 cm³/mol. The highest BCUT2D eigenvalue weighted by Crippen LogP contribution is 2.44. The summed E-state index contributed by atoms with van der Waals surface area (Å²) in [4.78, 5) is 0. The van der Waals surface area contributed by atoms with Crippen molar-refractivity contribution in [2.45, 2.75) is 132 Å². The van der Waals surface area contributed by atoms with Gasteiger partial charge in [-0.25, -0.2) is 0 Å². The van der Waals surface area contributed by atoms with Crippen LogP contribution in [0.3, 0.4) is 0 Å². The van der Waals surface area contributed by atoms with Gasteiger partial charge in [0.2, 0.25) is 0 Å². The van der Waals surface area contributed by atoms with E-state index in [-0.39, 0.29) is 5.60 Å². The van der Waals surface area contributed by atoms with Crippen molar-refractivity contribution in [3.05, 3.63) is 57.2 Å². The Balaban J connectivity index is 1.81. The lowest BCUT2D eigenvalue weighted by Crippen LogP contribution is -2.37. The van der Waals surface area contributed by atoms with Crippen molar-refractivity contribution < 1.29 is 9.84 Å². The minimum atomic E-state index is -0.135. The fraction of sp³-hybridized carbons (Fsp3) is 0.625. The molecule has 0 aromatic heterocycles. The zero-order chi connectivity index (χ0) is 25.3. The van der Waals surface area contributed by atoms with Crippen LogP contribution < -0.4 is 4.74 Å². The fourth-order valence-electron chi connectivity index (χ4n) is 4.95. The van der Waals surface area contributed by atoms with Gasteiger partial charge in [-0.15, -0.1) is 0 Å². The van der Waals surface area contributed by atoms with Crippen LogP contribution in [0.4, 0.5) is 0 Å². The van der Waals surface area contributed by atoms with Gasteiger partial charge >= 0.3 is 0 Å². The number of aromatic hydroxyl groups is 1. The van der Waals surface area contributed by atoms with Gasteiger partial charge in [0, 0.05) is 5.56 Å². The van der Waals surface area contributed by atoms with E-state index in [2.05, 4.69) is 59.8 Å².